The number of halogens is 1. The molecule has 26 heavy (non-hydrogen) atoms. The Morgan fingerprint density at radius 3 is 2.65 bits per heavy atom. The molecular formula is C20H31FN4O. The Bertz CT molecular complexity index is 614. The van der Waals surface area contributed by atoms with E-state index in [9.17, 15) is 4.39 Å². The molecule has 0 unspecified atom stereocenters. The Labute approximate surface area is 156 Å². The lowest BCUT2D eigenvalue weighted by molar-refractivity contribution is 0.144. The molecule has 0 amide bonds. The van der Waals surface area contributed by atoms with E-state index in [4.69, 9.17) is 4.74 Å². The number of ether oxygens (including phenoxy) is 1. The molecule has 2 fully saturated rings. The molecule has 1 aromatic carbocycles. The molecule has 2 N–H and O–H groups in total. The van der Waals surface area contributed by atoms with Crippen LogP contribution >= 0.6 is 0 Å². The minimum absolute atomic E-state index is 0.0819. The first kappa shape index (κ1) is 19.1. The third kappa shape index (κ3) is 4.95. The van der Waals surface area contributed by atoms with Crippen LogP contribution in [0.15, 0.2) is 29.3 Å². The summed E-state index contributed by atoms with van der Waals surface area (Å²) in [6, 6.07) is 7.84. The molecule has 3 rings (SSSR count). The SMILES string of the molecule is CN=C(NCCN(CCOC)C1CC1)NCC1(c2ccccc2F)CC1. The number of benzene rings is 1. The summed E-state index contributed by atoms with van der Waals surface area (Å²) in [7, 11) is 3.53. The largest absolute Gasteiger partial charge is 0.383 e. The highest BCUT2D eigenvalue weighted by Crippen LogP contribution is 2.48. The van der Waals surface area contributed by atoms with Crippen LogP contribution in [0.2, 0.25) is 0 Å². The summed E-state index contributed by atoms with van der Waals surface area (Å²) in [6.07, 6.45) is 4.62. The molecule has 0 heterocycles. The Hall–Kier alpha value is -1.66. The van der Waals surface area contributed by atoms with E-state index < -0.39 is 0 Å². The number of nitrogens with zero attached hydrogens (tertiary/aromatic N) is 2. The van der Waals surface area contributed by atoms with Gasteiger partial charge < -0.3 is 15.4 Å². The van der Waals surface area contributed by atoms with Gasteiger partial charge in [0.05, 0.1) is 6.61 Å². The average molecular weight is 362 g/mol. The number of methoxy groups -OCH3 is 1. The Balaban J connectivity index is 1.44. The lowest BCUT2D eigenvalue weighted by Gasteiger charge is -2.23. The Morgan fingerprint density at radius 2 is 2.04 bits per heavy atom. The van der Waals surface area contributed by atoms with Crippen LogP contribution in [0.3, 0.4) is 0 Å². The molecule has 0 atom stereocenters. The van der Waals surface area contributed by atoms with Gasteiger partial charge in [0.1, 0.15) is 5.82 Å². The zero-order valence-electron chi connectivity index (χ0n) is 15.9. The molecule has 144 valence electrons. The summed E-state index contributed by atoms with van der Waals surface area (Å²) < 4.78 is 19.3. The Kier molecular flexibility index (Phi) is 6.48. The van der Waals surface area contributed by atoms with E-state index in [2.05, 4.69) is 20.5 Å². The molecule has 2 aliphatic rings. The maximum absolute atomic E-state index is 14.1. The van der Waals surface area contributed by atoms with Gasteiger partial charge in [0.2, 0.25) is 0 Å². The standard InChI is InChI=1S/C20H31FN4O/c1-22-19(23-11-12-25(13-14-26-2)16-7-8-16)24-15-20(9-10-20)17-5-3-4-6-18(17)21/h3-6,16H,7-15H2,1-2H3,(H2,22,23,24). The van der Waals surface area contributed by atoms with Gasteiger partial charge in [0.15, 0.2) is 5.96 Å². The molecular weight excluding hydrogens is 331 g/mol. The zero-order valence-corrected chi connectivity index (χ0v) is 15.9. The third-order valence-electron chi connectivity index (χ3n) is 5.45. The van der Waals surface area contributed by atoms with Gasteiger partial charge in [-0.05, 0) is 37.3 Å². The molecule has 1 aromatic rings. The molecule has 5 nitrogen and oxygen atoms in total. The van der Waals surface area contributed by atoms with Crippen molar-refractivity contribution in [1.82, 2.24) is 15.5 Å². The monoisotopic (exact) mass is 362 g/mol. The van der Waals surface area contributed by atoms with Gasteiger partial charge in [-0.3, -0.25) is 9.89 Å². The fourth-order valence-corrected chi connectivity index (χ4v) is 3.50. The van der Waals surface area contributed by atoms with Crippen LogP contribution < -0.4 is 10.6 Å². The van der Waals surface area contributed by atoms with Crippen LogP contribution in [0.25, 0.3) is 0 Å². The molecule has 0 bridgehead atoms. The van der Waals surface area contributed by atoms with Crippen LogP contribution in [-0.2, 0) is 10.2 Å². The van der Waals surface area contributed by atoms with Gasteiger partial charge in [0.25, 0.3) is 0 Å². The zero-order chi connectivity index (χ0) is 18.4. The van der Waals surface area contributed by atoms with Gasteiger partial charge in [-0.25, -0.2) is 4.39 Å². The van der Waals surface area contributed by atoms with Gasteiger partial charge in [0, 0.05) is 51.8 Å². The highest BCUT2D eigenvalue weighted by Gasteiger charge is 2.45. The number of rotatable bonds is 10. The number of guanidine groups is 1. The van der Waals surface area contributed by atoms with Crippen molar-refractivity contribution in [2.45, 2.75) is 37.1 Å². The second kappa shape index (κ2) is 8.82. The number of hydrogen-bond donors (Lipinski definition) is 2. The van der Waals surface area contributed by atoms with Crippen molar-refractivity contribution in [2.75, 3.05) is 46.9 Å². The molecule has 0 saturated heterocycles. The second-order valence-electron chi connectivity index (χ2n) is 7.37. The summed E-state index contributed by atoms with van der Waals surface area (Å²) >= 11 is 0. The van der Waals surface area contributed by atoms with E-state index >= 15 is 0 Å². The molecule has 0 radical (unpaired) electrons. The molecule has 2 saturated carbocycles. The minimum Gasteiger partial charge on any atom is -0.383 e. The van der Waals surface area contributed by atoms with E-state index in [0.29, 0.717) is 6.54 Å². The summed E-state index contributed by atoms with van der Waals surface area (Å²) in [5.41, 5.74) is 0.740. The van der Waals surface area contributed by atoms with Crippen LogP contribution in [0.1, 0.15) is 31.2 Å². The summed E-state index contributed by atoms with van der Waals surface area (Å²) in [5, 5.41) is 6.78. The van der Waals surface area contributed by atoms with Crippen molar-refractivity contribution in [3.8, 4) is 0 Å². The van der Waals surface area contributed by atoms with Crippen LogP contribution in [0.5, 0.6) is 0 Å². The van der Waals surface area contributed by atoms with Crippen molar-refractivity contribution < 1.29 is 9.13 Å². The Morgan fingerprint density at radius 1 is 1.27 bits per heavy atom. The highest BCUT2D eigenvalue weighted by atomic mass is 19.1. The predicted octanol–water partition coefficient (Wildman–Crippen LogP) is 2.13. The van der Waals surface area contributed by atoms with Crippen LogP contribution in [0.4, 0.5) is 4.39 Å². The van der Waals surface area contributed by atoms with Gasteiger partial charge >= 0.3 is 0 Å². The molecule has 0 aromatic heterocycles. The molecule has 0 spiro atoms. The predicted molar refractivity (Wildman–Crippen MR) is 103 cm³/mol. The highest BCUT2D eigenvalue weighted by molar-refractivity contribution is 5.79. The molecule has 6 heteroatoms. The first-order valence-electron chi connectivity index (χ1n) is 9.61. The third-order valence-corrected chi connectivity index (χ3v) is 5.45. The van der Waals surface area contributed by atoms with Crippen molar-refractivity contribution in [1.29, 1.82) is 0 Å². The van der Waals surface area contributed by atoms with Gasteiger partial charge in [-0.15, -0.1) is 0 Å². The lowest BCUT2D eigenvalue weighted by atomic mass is 9.95. The summed E-state index contributed by atoms with van der Waals surface area (Å²) in [4.78, 5) is 6.79. The van der Waals surface area contributed by atoms with Crippen LogP contribution in [0, 0.1) is 5.82 Å². The summed E-state index contributed by atoms with van der Waals surface area (Å²) in [6.45, 7) is 4.28. The van der Waals surface area contributed by atoms with E-state index in [-0.39, 0.29) is 11.2 Å². The van der Waals surface area contributed by atoms with Crippen molar-refractivity contribution in [3.63, 3.8) is 0 Å². The van der Waals surface area contributed by atoms with E-state index in [1.54, 1.807) is 26.3 Å². The van der Waals surface area contributed by atoms with Crippen molar-refractivity contribution in [3.05, 3.63) is 35.6 Å². The number of hydrogen-bond acceptors (Lipinski definition) is 3. The number of aliphatic imine (C=N–C) groups is 1. The first-order chi connectivity index (χ1) is 12.7. The van der Waals surface area contributed by atoms with E-state index in [0.717, 1.165) is 56.6 Å². The van der Waals surface area contributed by atoms with Crippen molar-refractivity contribution >= 4 is 5.96 Å². The topological polar surface area (TPSA) is 48.9 Å². The quantitative estimate of drug-likeness (QED) is 0.495. The smallest absolute Gasteiger partial charge is 0.191 e. The number of nitrogens with one attached hydrogen (secondary N) is 2. The normalized spacial score (nSPS) is 18.8. The van der Waals surface area contributed by atoms with E-state index in [1.807, 2.05) is 12.1 Å². The fraction of sp³-hybridized carbons (Fsp3) is 0.650. The molecule has 2 aliphatic carbocycles. The first-order valence-corrected chi connectivity index (χ1v) is 9.61. The maximum atomic E-state index is 14.1. The van der Waals surface area contributed by atoms with Crippen LogP contribution in [-0.4, -0.2) is 63.8 Å². The maximum Gasteiger partial charge on any atom is 0.191 e. The lowest BCUT2D eigenvalue weighted by Crippen LogP contribution is -2.44. The fourth-order valence-electron chi connectivity index (χ4n) is 3.50. The van der Waals surface area contributed by atoms with Crippen molar-refractivity contribution in [2.24, 2.45) is 4.99 Å². The second-order valence-corrected chi connectivity index (χ2v) is 7.37. The summed E-state index contributed by atoms with van der Waals surface area (Å²) in [5.74, 6) is 0.683. The van der Waals surface area contributed by atoms with Gasteiger partial charge in [-0.1, -0.05) is 18.2 Å². The minimum atomic E-state index is -0.104. The molecule has 0 aliphatic heterocycles. The van der Waals surface area contributed by atoms with Gasteiger partial charge in [-0.2, -0.15) is 0 Å². The average Bonchev–Trinajstić information content (AvgIpc) is 3.55. The van der Waals surface area contributed by atoms with E-state index in [1.165, 1.54) is 12.8 Å².